The number of carbonyl (C=O) groups excluding carboxylic acids is 1. The third-order valence-corrected chi connectivity index (χ3v) is 5.56. The zero-order valence-electron chi connectivity index (χ0n) is 13.5. The Morgan fingerprint density at radius 2 is 1.88 bits per heavy atom. The molecule has 0 spiro atoms. The molecule has 1 aromatic rings. The van der Waals surface area contributed by atoms with E-state index < -0.39 is 31.6 Å². The second kappa shape index (κ2) is 6.63. The average molecular weight is 358 g/mol. The van der Waals surface area contributed by atoms with Crippen LogP contribution in [0.1, 0.15) is 16.8 Å². The molecule has 1 atom stereocenters. The van der Waals surface area contributed by atoms with E-state index in [0.29, 0.717) is 6.42 Å². The van der Waals surface area contributed by atoms with Crippen LogP contribution in [0, 0.1) is 10.1 Å². The summed E-state index contributed by atoms with van der Waals surface area (Å²) < 4.78 is 33.3. The maximum absolute atomic E-state index is 12.6. The number of rotatable bonds is 5. The summed E-state index contributed by atoms with van der Waals surface area (Å²) >= 11 is 0. The number of sulfone groups is 1. The standard InChI is InChI=1S/C14H18N2O7S/c1-22-12-6-10(11(16(18)19)7-13(12)23-2)14(17)15-5-4-9(8-15)24(3,20)21/h6-7,9H,4-5,8H2,1-3H3. The van der Waals surface area contributed by atoms with E-state index in [1.165, 1.54) is 25.2 Å². The van der Waals surface area contributed by atoms with E-state index in [0.717, 1.165) is 12.3 Å². The summed E-state index contributed by atoms with van der Waals surface area (Å²) in [6, 6.07) is 2.36. The molecule has 1 unspecified atom stereocenters. The van der Waals surface area contributed by atoms with E-state index in [2.05, 4.69) is 0 Å². The van der Waals surface area contributed by atoms with Crippen LogP contribution in [-0.4, -0.2) is 63.0 Å². The summed E-state index contributed by atoms with van der Waals surface area (Å²) in [6.45, 7) is 0.241. The Balaban J connectivity index is 2.40. The van der Waals surface area contributed by atoms with Crippen molar-refractivity contribution in [3.05, 3.63) is 27.8 Å². The summed E-state index contributed by atoms with van der Waals surface area (Å²) in [5, 5.41) is 10.6. The van der Waals surface area contributed by atoms with Gasteiger partial charge in [0.25, 0.3) is 11.6 Å². The van der Waals surface area contributed by atoms with Crippen LogP contribution in [0.15, 0.2) is 12.1 Å². The van der Waals surface area contributed by atoms with Gasteiger partial charge >= 0.3 is 0 Å². The maximum Gasteiger partial charge on any atom is 0.286 e. The first-order valence-corrected chi connectivity index (χ1v) is 9.03. The second-order valence-corrected chi connectivity index (χ2v) is 7.80. The van der Waals surface area contributed by atoms with E-state index >= 15 is 0 Å². The van der Waals surface area contributed by atoms with Crippen LogP contribution in [0.25, 0.3) is 0 Å². The summed E-state index contributed by atoms with van der Waals surface area (Å²) in [6.07, 6.45) is 1.43. The molecule has 1 fully saturated rings. The van der Waals surface area contributed by atoms with Gasteiger partial charge in [-0.05, 0) is 6.42 Å². The summed E-state index contributed by atoms with van der Waals surface area (Å²) in [7, 11) is -0.585. The van der Waals surface area contributed by atoms with Crippen LogP contribution in [0.5, 0.6) is 11.5 Å². The molecule has 2 rings (SSSR count). The van der Waals surface area contributed by atoms with Gasteiger partial charge in [0.2, 0.25) is 0 Å². The van der Waals surface area contributed by atoms with Crippen molar-refractivity contribution in [1.29, 1.82) is 0 Å². The van der Waals surface area contributed by atoms with Crippen LogP contribution in [-0.2, 0) is 9.84 Å². The summed E-state index contributed by atoms with van der Waals surface area (Å²) in [5.74, 6) is -0.282. The predicted molar refractivity (Wildman–Crippen MR) is 85.4 cm³/mol. The topological polar surface area (TPSA) is 116 Å². The molecule has 132 valence electrons. The van der Waals surface area contributed by atoms with Crippen molar-refractivity contribution in [2.75, 3.05) is 33.6 Å². The van der Waals surface area contributed by atoms with Crippen LogP contribution in [0.4, 0.5) is 5.69 Å². The van der Waals surface area contributed by atoms with Crippen LogP contribution in [0.2, 0.25) is 0 Å². The number of ether oxygens (including phenoxy) is 2. The lowest BCUT2D eigenvalue weighted by Gasteiger charge is -2.17. The van der Waals surface area contributed by atoms with Crippen molar-refractivity contribution >= 4 is 21.4 Å². The minimum absolute atomic E-state index is 0.0170. The molecule has 0 bridgehead atoms. The lowest BCUT2D eigenvalue weighted by atomic mass is 10.1. The number of benzene rings is 1. The SMILES string of the molecule is COc1cc(C(=O)N2CCC(S(C)(=O)=O)C2)c([N+](=O)[O-])cc1OC. The molecule has 1 amide bonds. The van der Waals surface area contributed by atoms with Gasteiger partial charge in [0.1, 0.15) is 5.56 Å². The van der Waals surface area contributed by atoms with Crippen LogP contribution < -0.4 is 9.47 Å². The van der Waals surface area contributed by atoms with Gasteiger partial charge in [0, 0.05) is 25.4 Å². The number of likely N-dealkylation sites (tertiary alicyclic amines) is 1. The smallest absolute Gasteiger partial charge is 0.286 e. The molecule has 1 saturated heterocycles. The van der Waals surface area contributed by atoms with Crippen LogP contribution in [0.3, 0.4) is 0 Å². The van der Waals surface area contributed by atoms with Crippen molar-refractivity contribution < 1.29 is 27.6 Å². The van der Waals surface area contributed by atoms with Crippen molar-refractivity contribution in [1.82, 2.24) is 4.90 Å². The van der Waals surface area contributed by atoms with E-state index in [1.54, 1.807) is 0 Å². The number of nitro groups is 1. The molecule has 0 aromatic heterocycles. The van der Waals surface area contributed by atoms with Gasteiger partial charge in [0.05, 0.1) is 30.5 Å². The van der Waals surface area contributed by atoms with Gasteiger partial charge in [-0.15, -0.1) is 0 Å². The molecule has 0 aliphatic carbocycles. The highest BCUT2D eigenvalue weighted by Gasteiger charge is 2.35. The van der Waals surface area contributed by atoms with Gasteiger partial charge < -0.3 is 14.4 Å². The van der Waals surface area contributed by atoms with Crippen molar-refractivity contribution in [3.63, 3.8) is 0 Å². The van der Waals surface area contributed by atoms with Crippen molar-refractivity contribution in [3.8, 4) is 11.5 Å². The first kappa shape index (κ1) is 18.0. The highest BCUT2D eigenvalue weighted by molar-refractivity contribution is 7.91. The Morgan fingerprint density at radius 1 is 1.29 bits per heavy atom. The van der Waals surface area contributed by atoms with E-state index in [9.17, 15) is 23.3 Å². The molecule has 9 nitrogen and oxygen atoms in total. The molecule has 0 N–H and O–H groups in total. The Kier molecular flexibility index (Phi) is 4.97. The quantitative estimate of drug-likeness (QED) is 0.566. The first-order valence-electron chi connectivity index (χ1n) is 7.07. The van der Waals surface area contributed by atoms with Gasteiger partial charge in [-0.2, -0.15) is 0 Å². The zero-order chi connectivity index (χ0) is 18.1. The van der Waals surface area contributed by atoms with E-state index in [4.69, 9.17) is 9.47 Å². The van der Waals surface area contributed by atoms with Crippen molar-refractivity contribution in [2.45, 2.75) is 11.7 Å². The first-order chi connectivity index (χ1) is 11.2. The predicted octanol–water partition coefficient (Wildman–Crippen LogP) is 0.871. The fourth-order valence-electron chi connectivity index (χ4n) is 2.62. The molecule has 1 aromatic carbocycles. The van der Waals surface area contributed by atoms with Crippen molar-refractivity contribution in [2.24, 2.45) is 0 Å². The normalized spacial score (nSPS) is 17.6. The second-order valence-electron chi connectivity index (χ2n) is 5.47. The molecule has 1 heterocycles. The third kappa shape index (κ3) is 3.42. The molecule has 1 aliphatic heterocycles. The van der Waals surface area contributed by atoms with Gasteiger partial charge in [-0.3, -0.25) is 14.9 Å². The third-order valence-electron chi connectivity index (χ3n) is 3.97. The molecule has 0 radical (unpaired) electrons. The lowest BCUT2D eigenvalue weighted by molar-refractivity contribution is -0.385. The number of amides is 1. The maximum atomic E-state index is 12.6. The average Bonchev–Trinajstić information content (AvgIpc) is 3.02. The fraction of sp³-hybridized carbons (Fsp3) is 0.500. The molecule has 1 aliphatic rings. The minimum Gasteiger partial charge on any atom is -0.493 e. The Labute approximate surface area is 139 Å². The molecular formula is C14H18N2O7S. The molecule has 0 saturated carbocycles. The van der Waals surface area contributed by atoms with Crippen LogP contribution >= 0.6 is 0 Å². The largest absolute Gasteiger partial charge is 0.493 e. The fourth-order valence-corrected chi connectivity index (χ4v) is 3.61. The van der Waals surface area contributed by atoms with E-state index in [1.807, 2.05) is 0 Å². The zero-order valence-corrected chi connectivity index (χ0v) is 14.3. The van der Waals surface area contributed by atoms with Gasteiger partial charge in [0.15, 0.2) is 21.3 Å². The highest BCUT2D eigenvalue weighted by atomic mass is 32.2. The number of nitro benzene ring substituents is 1. The van der Waals surface area contributed by atoms with E-state index in [-0.39, 0.29) is 30.2 Å². The minimum atomic E-state index is -3.27. The van der Waals surface area contributed by atoms with Gasteiger partial charge in [-0.1, -0.05) is 0 Å². The number of methoxy groups -OCH3 is 2. The number of carbonyl (C=O) groups is 1. The van der Waals surface area contributed by atoms with Gasteiger partial charge in [-0.25, -0.2) is 8.42 Å². The lowest BCUT2D eigenvalue weighted by Crippen LogP contribution is -2.32. The molecule has 24 heavy (non-hydrogen) atoms. The summed E-state index contributed by atoms with van der Waals surface area (Å²) in [5.41, 5.74) is -0.577. The Hall–Kier alpha value is -2.36. The number of hydrogen-bond acceptors (Lipinski definition) is 7. The molecular weight excluding hydrogens is 340 g/mol. The highest BCUT2D eigenvalue weighted by Crippen LogP contribution is 2.35. The Morgan fingerprint density at radius 3 is 2.33 bits per heavy atom. The monoisotopic (exact) mass is 358 g/mol. The molecule has 10 heteroatoms. The summed E-state index contributed by atoms with van der Waals surface area (Å²) in [4.78, 5) is 24.5. The number of hydrogen-bond donors (Lipinski definition) is 0. The number of nitrogens with zero attached hydrogens (tertiary/aromatic N) is 2. The Bertz CT molecular complexity index is 776.